The molecule has 3 aromatic rings. The third kappa shape index (κ3) is 4.76. The molecular formula is C28H34N2O5S. The van der Waals surface area contributed by atoms with E-state index in [0.29, 0.717) is 31.4 Å². The number of sulfonamides is 1. The Morgan fingerprint density at radius 3 is 2.50 bits per heavy atom. The van der Waals surface area contributed by atoms with Gasteiger partial charge in [0, 0.05) is 30.2 Å². The Labute approximate surface area is 212 Å². The van der Waals surface area contributed by atoms with Gasteiger partial charge >= 0.3 is 5.97 Å². The van der Waals surface area contributed by atoms with E-state index < -0.39 is 16.0 Å². The molecule has 0 radical (unpaired) electrons. The zero-order valence-electron chi connectivity index (χ0n) is 20.9. The molecule has 8 heteroatoms. The molecule has 36 heavy (non-hydrogen) atoms. The molecule has 7 nitrogen and oxygen atoms in total. The molecule has 1 saturated carbocycles. The Kier molecular flexibility index (Phi) is 6.83. The standard InChI is InChI=1S/C28H34N2O5S/c1-3-35-23-8-10-24(11-9-23)36(33,34)29-16-22(14-20-5-4-6-20)27(18-29)30-17-21(15-28(31)32)25-12-7-19(2)13-26(25)30/h7-13,17,20,22,27H,3-6,14-16,18H2,1-2H3,(H,31,32)/t22-,27+/m1/s1. The molecule has 2 aromatic carbocycles. The molecule has 0 spiro atoms. The summed E-state index contributed by atoms with van der Waals surface area (Å²) in [6, 6.07) is 12.7. The molecular weight excluding hydrogens is 476 g/mol. The van der Waals surface area contributed by atoms with Crippen LogP contribution in [0, 0.1) is 18.8 Å². The molecule has 1 N–H and O–H groups in total. The van der Waals surface area contributed by atoms with Crippen molar-refractivity contribution in [3.05, 3.63) is 59.8 Å². The Balaban J connectivity index is 1.51. The summed E-state index contributed by atoms with van der Waals surface area (Å²) >= 11 is 0. The van der Waals surface area contributed by atoms with Gasteiger partial charge in [-0.2, -0.15) is 4.31 Å². The van der Waals surface area contributed by atoms with Gasteiger partial charge in [0.15, 0.2) is 0 Å². The number of ether oxygens (including phenoxy) is 1. The van der Waals surface area contributed by atoms with Crippen molar-refractivity contribution in [3.63, 3.8) is 0 Å². The van der Waals surface area contributed by atoms with Crippen LogP contribution in [0.2, 0.25) is 0 Å². The lowest BCUT2D eigenvalue weighted by atomic mass is 9.78. The van der Waals surface area contributed by atoms with Crippen molar-refractivity contribution >= 4 is 26.9 Å². The fourth-order valence-corrected chi connectivity index (χ4v) is 7.27. The van der Waals surface area contributed by atoms with Crippen LogP contribution in [0.15, 0.2) is 53.6 Å². The van der Waals surface area contributed by atoms with Crippen LogP contribution in [0.4, 0.5) is 0 Å². The van der Waals surface area contributed by atoms with E-state index in [-0.39, 0.29) is 23.3 Å². The van der Waals surface area contributed by atoms with Crippen LogP contribution in [0.3, 0.4) is 0 Å². The predicted molar refractivity (Wildman–Crippen MR) is 139 cm³/mol. The van der Waals surface area contributed by atoms with Crippen molar-refractivity contribution < 1.29 is 23.1 Å². The second-order valence-electron chi connectivity index (χ2n) is 10.2. The first-order chi connectivity index (χ1) is 17.3. The smallest absolute Gasteiger partial charge is 0.307 e. The van der Waals surface area contributed by atoms with Gasteiger partial charge in [0.1, 0.15) is 5.75 Å². The molecule has 2 heterocycles. The number of carbonyl (C=O) groups is 1. The zero-order valence-corrected chi connectivity index (χ0v) is 21.7. The van der Waals surface area contributed by atoms with Gasteiger partial charge in [-0.25, -0.2) is 8.42 Å². The maximum atomic E-state index is 13.7. The molecule has 2 aliphatic rings. The summed E-state index contributed by atoms with van der Waals surface area (Å²) in [7, 11) is -3.67. The summed E-state index contributed by atoms with van der Waals surface area (Å²) in [5.41, 5.74) is 2.85. The van der Waals surface area contributed by atoms with Gasteiger partial charge in [-0.05, 0) is 73.6 Å². The first kappa shape index (κ1) is 24.8. The van der Waals surface area contributed by atoms with Gasteiger partial charge in [0.2, 0.25) is 10.0 Å². The van der Waals surface area contributed by atoms with Crippen molar-refractivity contribution in [2.75, 3.05) is 19.7 Å². The molecule has 1 saturated heterocycles. The SMILES string of the molecule is CCOc1ccc(S(=O)(=O)N2C[C@@H](CC3CCC3)[C@@H](n3cc(CC(=O)O)c4ccc(C)cc43)C2)cc1. The van der Waals surface area contributed by atoms with E-state index in [0.717, 1.165) is 28.5 Å². The molecule has 0 amide bonds. The van der Waals surface area contributed by atoms with Gasteiger partial charge in [0.05, 0.1) is 24.0 Å². The Bertz CT molecular complexity index is 1360. The van der Waals surface area contributed by atoms with Gasteiger partial charge in [-0.1, -0.05) is 31.4 Å². The van der Waals surface area contributed by atoms with E-state index in [2.05, 4.69) is 10.6 Å². The number of benzene rings is 2. The fourth-order valence-electron chi connectivity index (χ4n) is 5.75. The number of rotatable bonds is 9. The number of fused-ring (bicyclic) bond motifs is 1. The molecule has 5 rings (SSSR count). The highest BCUT2D eigenvalue weighted by Crippen LogP contribution is 2.42. The maximum Gasteiger partial charge on any atom is 0.307 e. The molecule has 1 aliphatic heterocycles. The van der Waals surface area contributed by atoms with Gasteiger partial charge in [-0.3, -0.25) is 4.79 Å². The highest BCUT2D eigenvalue weighted by atomic mass is 32.2. The topological polar surface area (TPSA) is 88.8 Å². The largest absolute Gasteiger partial charge is 0.494 e. The minimum atomic E-state index is -3.67. The Morgan fingerprint density at radius 1 is 1.11 bits per heavy atom. The van der Waals surface area contributed by atoms with Crippen LogP contribution >= 0.6 is 0 Å². The fraction of sp³-hybridized carbons (Fsp3) is 0.464. The lowest BCUT2D eigenvalue weighted by Gasteiger charge is -2.31. The molecule has 0 unspecified atom stereocenters. The lowest BCUT2D eigenvalue weighted by molar-refractivity contribution is -0.136. The number of hydrogen-bond acceptors (Lipinski definition) is 4. The molecule has 1 aliphatic carbocycles. The van der Waals surface area contributed by atoms with Crippen LogP contribution in [-0.4, -0.2) is 48.1 Å². The van der Waals surface area contributed by atoms with Crippen LogP contribution in [0.1, 0.15) is 49.8 Å². The van der Waals surface area contributed by atoms with Crippen LogP contribution in [0.25, 0.3) is 10.9 Å². The predicted octanol–water partition coefficient (Wildman–Crippen LogP) is 5.03. The van der Waals surface area contributed by atoms with Gasteiger partial charge in [-0.15, -0.1) is 0 Å². The third-order valence-corrected chi connectivity index (χ3v) is 9.62. The monoisotopic (exact) mass is 510 g/mol. The molecule has 0 bridgehead atoms. The summed E-state index contributed by atoms with van der Waals surface area (Å²) in [5.74, 6) is 0.583. The van der Waals surface area contributed by atoms with E-state index >= 15 is 0 Å². The molecule has 2 atom stereocenters. The second-order valence-corrected chi connectivity index (χ2v) is 12.2. The maximum absolute atomic E-state index is 13.7. The van der Waals surface area contributed by atoms with Crippen molar-refractivity contribution in [1.82, 2.24) is 8.87 Å². The highest BCUT2D eigenvalue weighted by molar-refractivity contribution is 7.89. The Morgan fingerprint density at radius 2 is 1.86 bits per heavy atom. The average molecular weight is 511 g/mol. The number of carboxylic acids is 1. The number of aromatic nitrogens is 1. The quantitative estimate of drug-likeness (QED) is 0.436. The van der Waals surface area contributed by atoms with Crippen molar-refractivity contribution in [3.8, 4) is 5.75 Å². The van der Waals surface area contributed by atoms with Crippen LogP contribution < -0.4 is 4.74 Å². The van der Waals surface area contributed by atoms with Crippen molar-refractivity contribution in [1.29, 1.82) is 0 Å². The van der Waals surface area contributed by atoms with E-state index in [9.17, 15) is 18.3 Å². The Hall–Kier alpha value is -2.84. The number of carboxylic acid groups (broad SMARTS) is 1. The van der Waals surface area contributed by atoms with E-state index in [1.54, 1.807) is 28.6 Å². The molecule has 1 aromatic heterocycles. The lowest BCUT2D eigenvalue weighted by Crippen LogP contribution is -2.29. The summed E-state index contributed by atoms with van der Waals surface area (Å²) in [6.45, 7) is 5.28. The van der Waals surface area contributed by atoms with Gasteiger partial charge in [0.25, 0.3) is 0 Å². The van der Waals surface area contributed by atoms with Crippen LogP contribution in [-0.2, 0) is 21.2 Å². The van der Waals surface area contributed by atoms with Crippen molar-refractivity contribution in [2.45, 2.75) is 56.9 Å². The molecule has 192 valence electrons. The summed E-state index contributed by atoms with van der Waals surface area (Å²) < 4.78 is 36.6. The first-order valence-corrected chi connectivity index (χ1v) is 14.2. The third-order valence-electron chi connectivity index (χ3n) is 7.78. The molecule has 2 fully saturated rings. The van der Waals surface area contributed by atoms with E-state index in [1.165, 1.54) is 19.3 Å². The summed E-state index contributed by atoms with van der Waals surface area (Å²) in [5, 5.41) is 10.4. The number of aliphatic carboxylic acids is 1. The number of aryl methyl sites for hydroxylation is 1. The summed E-state index contributed by atoms with van der Waals surface area (Å²) in [4.78, 5) is 11.8. The average Bonchev–Trinajstić information content (AvgIpc) is 3.38. The van der Waals surface area contributed by atoms with E-state index in [4.69, 9.17) is 4.74 Å². The number of nitrogens with zero attached hydrogens (tertiary/aromatic N) is 2. The van der Waals surface area contributed by atoms with E-state index in [1.807, 2.05) is 32.2 Å². The minimum Gasteiger partial charge on any atom is -0.494 e. The minimum absolute atomic E-state index is 0.0464. The number of hydrogen-bond donors (Lipinski definition) is 1. The van der Waals surface area contributed by atoms with Crippen LogP contribution in [0.5, 0.6) is 5.75 Å². The van der Waals surface area contributed by atoms with Gasteiger partial charge < -0.3 is 14.4 Å². The second kappa shape index (κ2) is 9.90. The normalized spacial score (nSPS) is 21.1. The summed E-state index contributed by atoms with van der Waals surface area (Å²) in [6.07, 6.45) is 6.52. The zero-order chi connectivity index (χ0) is 25.4. The first-order valence-electron chi connectivity index (χ1n) is 12.8. The van der Waals surface area contributed by atoms with Crippen molar-refractivity contribution in [2.24, 2.45) is 11.8 Å². The highest BCUT2D eigenvalue weighted by Gasteiger charge is 2.42.